The number of ether oxygens (including phenoxy) is 1. The molecule has 2 atom stereocenters. The largest absolute Gasteiger partial charge is 0.480 e. The maximum atomic E-state index is 11.3. The van der Waals surface area contributed by atoms with Crippen LogP contribution in [-0.2, 0) is 9.53 Å². The number of likely N-dealkylation sites (tertiary alicyclic amines) is 1. The van der Waals surface area contributed by atoms with E-state index in [1.165, 1.54) is 0 Å². The summed E-state index contributed by atoms with van der Waals surface area (Å²) in [6, 6.07) is 0. The predicted octanol–water partition coefficient (Wildman–Crippen LogP) is 0.713. The van der Waals surface area contributed by atoms with Gasteiger partial charge in [-0.05, 0) is 39.7 Å². The highest BCUT2D eigenvalue weighted by Crippen LogP contribution is 2.28. The van der Waals surface area contributed by atoms with Crippen LogP contribution in [0.15, 0.2) is 0 Å². The topological polar surface area (TPSA) is 70.0 Å². The van der Waals surface area contributed by atoms with Gasteiger partial charge in [0.05, 0.1) is 12.7 Å². The first-order valence-electron chi connectivity index (χ1n) is 6.25. The van der Waals surface area contributed by atoms with Crippen molar-refractivity contribution in [1.29, 1.82) is 0 Å². The third-order valence-corrected chi connectivity index (χ3v) is 3.45. The molecule has 1 rings (SSSR count). The van der Waals surface area contributed by atoms with E-state index < -0.39 is 17.6 Å². The van der Waals surface area contributed by atoms with Gasteiger partial charge in [-0.15, -0.1) is 0 Å². The number of aliphatic hydroxyl groups excluding tert-OH is 1. The summed E-state index contributed by atoms with van der Waals surface area (Å²) in [7, 11) is 0. The maximum Gasteiger partial charge on any atom is 0.323 e. The average molecular weight is 245 g/mol. The highest BCUT2D eigenvalue weighted by atomic mass is 16.5. The first-order valence-corrected chi connectivity index (χ1v) is 6.25. The van der Waals surface area contributed by atoms with Crippen LogP contribution in [0, 0.1) is 0 Å². The second-order valence-corrected chi connectivity index (χ2v) is 4.80. The zero-order chi connectivity index (χ0) is 12.9. The number of carbonyl (C=O) groups is 1. The Bertz CT molecular complexity index is 259. The molecule has 2 N–H and O–H groups in total. The van der Waals surface area contributed by atoms with E-state index in [1.807, 2.05) is 11.8 Å². The molecule has 1 aliphatic heterocycles. The Kier molecular flexibility index (Phi) is 5.36. The number of aliphatic hydroxyl groups is 1. The molecule has 5 nitrogen and oxygen atoms in total. The number of nitrogens with zero attached hydrogens (tertiary/aromatic N) is 1. The summed E-state index contributed by atoms with van der Waals surface area (Å²) < 4.78 is 5.14. The summed E-state index contributed by atoms with van der Waals surface area (Å²) >= 11 is 0. The monoisotopic (exact) mass is 245 g/mol. The minimum Gasteiger partial charge on any atom is -0.480 e. The van der Waals surface area contributed by atoms with Crippen molar-refractivity contribution in [2.24, 2.45) is 0 Å². The van der Waals surface area contributed by atoms with E-state index in [4.69, 9.17) is 4.74 Å². The normalized spacial score (nSPS) is 27.9. The summed E-state index contributed by atoms with van der Waals surface area (Å²) in [6.07, 6.45) is 1.95. The number of hydrogen-bond acceptors (Lipinski definition) is 4. The van der Waals surface area contributed by atoms with Gasteiger partial charge >= 0.3 is 5.97 Å². The number of hydrogen-bond donors (Lipinski definition) is 2. The highest BCUT2D eigenvalue weighted by Gasteiger charge is 2.41. The Morgan fingerprint density at radius 2 is 2.24 bits per heavy atom. The Morgan fingerprint density at radius 1 is 1.53 bits per heavy atom. The minimum atomic E-state index is -0.842. The predicted molar refractivity (Wildman–Crippen MR) is 64.0 cm³/mol. The number of carboxylic acid groups (broad SMARTS) is 1. The number of piperidine rings is 1. The van der Waals surface area contributed by atoms with Crippen molar-refractivity contribution in [1.82, 2.24) is 4.90 Å². The molecule has 5 heteroatoms. The number of rotatable bonds is 6. The molecule has 1 fully saturated rings. The van der Waals surface area contributed by atoms with Crippen molar-refractivity contribution in [3.8, 4) is 0 Å². The highest BCUT2D eigenvalue weighted by molar-refractivity contribution is 5.78. The van der Waals surface area contributed by atoms with Gasteiger partial charge in [0.1, 0.15) is 5.54 Å². The van der Waals surface area contributed by atoms with Crippen LogP contribution in [0.3, 0.4) is 0 Å². The van der Waals surface area contributed by atoms with Gasteiger partial charge in [-0.1, -0.05) is 0 Å². The van der Waals surface area contributed by atoms with E-state index in [1.54, 1.807) is 6.92 Å². The number of aliphatic carboxylic acids is 1. The van der Waals surface area contributed by atoms with Gasteiger partial charge in [0.25, 0.3) is 0 Å². The Labute approximate surface area is 102 Å². The van der Waals surface area contributed by atoms with Crippen molar-refractivity contribution in [3.63, 3.8) is 0 Å². The van der Waals surface area contributed by atoms with Gasteiger partial charge in [0.2, 0.25) is 0 Å². The van der Waals surface area contributed by atoms with Gasteiger partial charge < -0.3 is 14.9 Å². The van der Waals surface area contributed by atoms with Gasteiger partial charge in [-0.3, -0.25) is 9.69 Å². The molecule has 1 saturated heterocycles. The quantitative estimate of drug-likeness (QED) is 0.721. The molecule has 17 heavy (non-hydrogen) atoms. The fourth-order valence-corrected chi connectivity index (χ4v) is 2.27. The Balaban J connectivity index is 2.56. The van der Waals surface area contributed by atoms with Gasteiger partial charge in [0.15, 0.2) is 0 Å². The molecular weight excluding hydrogens is 222 g/mol. The summed E-state index contributed by atoms with van der Waals surface area (Å²) in [6.45, 7) is 5.53. The molecule has 0 aromatic heterocycles. The molecule has 0 radical (unpaired) electrons. The van der Waals surface area contributed by atoms with Crippen LogP contribution in [0.4, 0.5) is 0 Å². The standard InChI is InChI=1S/C12H23NO4/c1-3-17-9-10(14)8-13-7-5-4-6-12(13,2)11(15)16/h10,14H,3-9H2,1-2H3,(H,15,16). The van der Waals surface area contributed by atoms with Gasteiger partial charge in [-0.2, -0.15) is 0 Å². The molecule has 0 aromatic rings. The van der Waals surface area contributed by atoms with Crippen molar-refractivity contribution in [3.05, 3.63) is 0 Å². The summed E-state index contributed by atoms with van der Waals surface area (Å²) in [4.78, 5) is 13.2. The van der Waals surface area contributed by atoms with Crippen molar-refractivity contribution < 1.29 is 19.7 Å². The molecule has 0 amide bonds. The van der Waals surface area contributed by atoms with E-state index in [2.05, 4.69) is 0 Å². The second kappa shape index (κ2) is 6.33. The third-order valence-electron chi connectivity index (χ3n) is 3.45. The lowest BCUT2D eigenvalue weighted by Gasteiger charge is -2.42. The molecular formula is C12H23NO4. The lowest BCUT2D eigenvalue weighted by atomic mass is 9.88. The SMILES string of the molecule is CCOCC(O)CN1CCCCC1(C)C(=O)O. The van der Waals surface area contributed by atoms with Crippen LogP contribution in [-0.4, -0.2) is 59.0 Å². The van der Waals surface area contributed by atoms with Crippen LogP contribution in [0.5, 0.6) is 0 Å². The van der Waals surface area contributed by atoms with Crippen molar-refractivity contribution in [2.75, 3.05) is 26.3 Å². The summed E-state index contributed by atoms with van der Waals surface area (Å²) in [5, 5.41) is 19.1. The first kappa shape index (κ1) is 14.4. The smallest absolute Gasteiger partial charge is 0.323 e. The molecule has 1 aliphatic rings. The average Bonchev–Trinajstić information content (AvgIpc) is 2.29. The van der Waals surface area contributed by atoms with Crippen molar-refractivity contribution >= 4 is 5.97 Å². The summed E-state index contributed by atoms with van der Waals surface area (Å²) in [5.41, 5.74) is -0.842. The van der Waals surface area contributed by atoms with Gasteiger partial charge in [-0.25, -0.2) is 0 Å². The third kappa shape index (κ3) is 3.66. The molecule has 0 bridgehead atoms. The fraction of sp³-hybridized carbons (Fsp3) is 0.917. The molecule has 2 unspecified atom stereocenters. The van der Waals surface area contributed by atoms with Gasteiger partial charge in [0, 0.05) is 13.2 Å². The lowest BCUT2D eigenvalue weighted by molar-refractivity contribution is -0.154. The summed E-state index contributed by atoms with van der Waals surface area (Å²) in [5.74, 6) is -0.805. The lowest BCUT2D eigenvalue weighted by Crippen LogP contribution is -2.57. The van der Waals surface area contributed by atoms with E-state index in [9.17, 15) is 15.0 Å². The van der Waals surface area contributed by atoms with Crippen LogP contribution in [0.2, 0.25) is 0 Å². The zero-order valence-electron chi connectivity index (χ0n) is 10.7. The van der Waals surface area contributed by atoms with E-state index >= 15 is 0 Å². The fourth-order valence-electron chi connectivity index (χ4n) is 2.27. The van der Waals surface area contributed by atoms with Crippen LogP contribution in [0.25, 0.3) is 0 Å². The number of β-amino-alcohol motifs (C(OH)–C–C–N with tert-alkyl or cyclic N) is 1. The molecule has 0 saturated carbocycles. The molecule has 100 valence electrons. The Morgan fingerprint density at radius 3 is 2.82 bits per heavy atom. The minimum absolute atomic E-state index is 0.267. The molecule has 0 aromatic carbocycles. The van der Waals surface area contributed by atoms with E-state index in [-0.39, 0.29) is 6.61 Å². The van der Waals surface area contributed by atoms with E-state index in [0.717, 1.165) is 19.4 Å². The Hall–Kier alpha value is -0.650. The molecule has 0 spiro atoms. The first-order chi connectivity index (χ1) is 8.00. The van der Waals surface area contributed by atoms with Crippen LogP contribution >= 0.6 is 0 Å². The second-order valence-electron chi connectivity index (χ2n) is 4.80. The van der Waals surface area contributed by atoms with E-state index in [0.29, 0.717) is 19.6 Å². The van der Waals surface area contributed by atoms with Crippen molar-refractivity contribution in [2.45, 2.75) is 44.8 Å². The van der Waals surface area contributed by atoms with Crippen LogP contribution in [0.1, 0.15) is 33.1 Å². The van der Waals surface area contributed by atoms with Crippen LogP contribution < -0.4 is 0 Å². The maximum absolute atomic E-state index is 11.3. The molecule has 1 heterocycles. The zero-order valence-corrected chi connectivity index (χ0v) is 10.7. The molecule has 0 aliphatic carbocycles. The number of carboxylic acids is 1.